The summed E-state index contributed by atoms with van der Waals surface area (Å²) in [4.78, 5) is 2.25. The third-order valence-electron chi connectivity index (χ3n) is 4.13. The topological polar surface area (TPSA) is 51.2 Å². The van der Waals surface area contributed by atoms with Crippen LogP contribution in [-0.2, 0) is 6.54 Å². The molecule has 1 N–H and O–H groups in total. The zero-order chi connectivity index (χ0) is 19.6. The van der Waals surface area contributed by atoms with Gasteiger partial charge in [0.15, 0.2) is 0 Å². The highest BCUT2D eigenvalue weighted by Crippen LogP contribution is 2.18. The highest BCUT2D eigenvalue weighted by atomic mass is 16.5. The van der Waals surface area contributed by atoms with E-state index < -0.39 is 6.10 Å². The van der Waals surface area contributed by atoms with E-state index in [0.29, 0.717) is 12.5 Å². The lowest BCUT2D eigenvalue weighted by Crippen LogP contribution is -2.37. The van der Waals surface area contributed by atoms with Crippen molar-refractivity contribution in [1.29, 1.82) is 0 Å². The highest BCUT2D eigenvalue weighted by Gasteiger charge is 2.15. The number of aliphatic hydroxyl groups is 1. The second kappa shape index (κ2) is 10.8. The fraction of sp³-hybridized carbons (Fsp3) is 0.455. The number of aliphatic hydroxyl groups excluding tert-OH is 1. The zero-order valence-corrected chi connectivity index (χ0v) is 16.7. The van der Waals surface area contributed by atoms with E-state index in [9.17, 15) is 5.11 Å². The summed E-state index contributed by atoms with van der Waals surface area (Å²) in [5, 5.41) is 10.5. The maximum atomic E-state index is 10.5. The molecule has 5 heteroatoms. The van der Waals surface area contributed by atoms with Gasteiger partial charge < -0.3 is 19.3 Å². The van der Waals surface area contributed by atoms with E-state index >= 15 is 0 Å². The molecule has 0 aliphatic rings. The van der Waals surface area contributed by atoms with E-state index in [0.717, 1.165) is 30.3 Å². The maximum Gasteiger partial charge on any atom is 0.119 e. The molecule has 2 aromatic rings. The van der Waals surface area contributed by atoms with Gasteiger partial charge in [0.1, 0.15) is 30.0 Å². The lowest BCUT2D eigenvalue weighted by molar-refractivity contribution is 0.0614. The first kappa shape index (κ1) is 21.1. The first-order chi connectivity index (χ1) is 13.0. The fourth-order valence-electron chi connectivity index (χ4n) is 2.96. The van der Waals surface area contributed by atoms with E-state index in [1.165, 1.54) is 5.56 Å². The maximum absolute atomic E-state index is 10.5. The normalized spacial score (nSPS) is 12.3. The van der Waals surface area contributed by atoms with Gasteiger partial charge in [-0.2, -0.15) is 0 Å². The number of ether oxygens (including phenoxy) is 3. The number of nitrogens with zero attached hydrogens (tertiary/aromatic N) is 1. The first-order valence-electron chi connectivity index (χ1n) is 9.30. The molecule has 0 saturated heterocycles. The highest BCUT2D eigenvalue weighted by molar-refractivity contribution is 5.31. The molecule has 148 valence electrons. The molecule has 2 rings (SSSR count). The van der Waals surface area contributed by atoms with E-state index in [-0.39, 0.29) is 6.61 Å². The van der Waals surface area contributed by atoms with Crippen LogP contribution in [0.15, 0.2) is 48.5 Å². The number of benzene rings is 2. The van der Waals surface area contributed by atoms with Crippen molar-refractivity contribution in [3.63, 3.8) is 0 Å². The van der Waals surface area contributed by atoms with Crippen LogP contribution >= 0.6 is 0 Å². The van der Waals surface area contributed by atoms with Gasteiger partial charge in [-0.25, -0.2) is 0 Å². The van der Waals surface area contributed by atoms with Crippen molar-refractivity contribution in [2.24, 2.45) is 5.92 Å². The first-order valence-corrected chi connectivity index (χ1v) is 9.30. The Balaban J connectivity index is 1.90. The van der Waals surface area contributed by atoms with Gasteiger partial charge in [-0.3, -0.25) is 4.90 Å². The van der Waals surface area contributed by atoms with Gasteiger partial charge in [0.05, 0.1) is 14.2 Å². The molecule has 0 aliphatic heterocycles. The van der Waals surface area contributed by atoms with Crippen LogP contribution in [0.5, 0.6) is 17.2 Å². The van der Waals surface area contributed by atoms with E-state index in [1.54, 1.807) is 14.2 Å². The summed E-state index contributed by atoms with van der Waals surface area (Å²) in [7, 11) is 3.30. The molecular weight excluding hydrogens is 342 g/mol. The smallest absolute Gasteiger partial charge is 0.119 e. The quantitative estimate of drug-likeness (QED) is 0.652. The van der Waals surface area contributed by atoms with Gasteiger partial charge in [-0.15, -0.1) is 0 Å². The molecule has 0 amide bonds. The largest absolute Gasteiger partial charge is 0.497 e. The van der Waals surface area contributed by atoms with Crippen molar-refractivity contribution < 1.29 is 19.3 Å². The summed E-state index contributed by atoms with van der Waals surface area (Å²) < 4.78 is 16.2. The van der Waals surface area contributed by atoms with Gasteiger partial charge in [0.2, 0.25) is 0 Å². The van der Waals surface area contributed by atoms with Gasteiger partial charge in [0.25, 0.3) is 0 Å². The predicted octanol–water partition coefficient (Wildman–Crippen LogP) is 3.60. The molecule has 2 aromatic carbocycles. The molecule has 1 unspecified atom stereocenters. The average Bonchev–Trinajstić information content (AvgIpc) is 2.66. The summed E-state index contributed by atoms with van der Waals surface area (Å²) in [5.41, 5.74) is 1.17. The molecule has 27 heavy (non-hydrogen) atoms. The molecule has 5 nitrogen and oxygen atoms in total. The number of methoxy groups -OCH3 is 2. The molecule has 0 spiro atoms. The minimum absolute atomic E-state index is 0.249. The van der Waals surface area contributed by atoms with Crippen molar-refractivity contribution in [2.45, 2.75) is 26.5 Å². The number of rotatable bonds is 11. The summed E-state index contributed by atoms with van der Waals surface area (Å²) >= 11 is 0. The van der Waals surface area contributed by atoms with Crippen LogP contribution in [0, 0.1) is 5.92 Å². The molecule has 1 atom stereocenters. The molecule has 0 fully saturated rings. The Morgan fingerprint density at radius 3 is 2.19 bits per heavy atom. The van der Waals surface area contributed by atoms with Crippen LogP contribution in [-0.4, -0.2) is 50.0 Å². The Bertz CT molecular complexity index is 672. The lowest BCUT2D eigenvalue weighted by atomic mass is 10.1. The second-order valence-electron chi connectivity index (χ2n) is 7.08. The van der Waals surface area contributed by atoms with Gasteiger partial charge >= 0.3 is 0 Å². The third-order valence-corrected chi connectivity index (χ3v) is 4.13. The summed E-state index contributed by atoms with van der Waals surface area (Å²) in [6.07, 6.45) is -0.573. The second-order valence-corrected chi connectivity index (χ2v) is 7.08. The fourth-order valence-corrected chi connectivity index (χ4v) is 2.96. The van der Waals surface area contributed by atoms with Gasteiger partial charge in [-0.1, -0.05) is 26.0 Å². The van der Waals surface area contributed by atoms with Crippen molar-refractivity contribution in [3.8, 4) is 17.2 Å². The number of hydrogen-bond donors (Lipinski definition) is 1. The van der Waals surface area contributed by atoms with Crippen molar-refractivity contribution >= 4 is 0 Å². The minimum atomic E-state index is -0.573. The molecule has 0 bridgehead atoms. The Kier molecular flexibility index (Phi) is 8.43. The van der Waals surface area contributed by atoms with Crippen molar-refractivity contribution in [1.82, 2.24) is 4.90 Å². The van der Waals surface area contributed by atoms with Crippen LogP contribution in [0.2, 0.25) is 0 Å². The summed E-state index contributed by atoms with van der Waals surface area (Å²) in [6.45, 7) is 6.81. The van der Waals surface area contributed by atoms with Gasteiger partial charge in [-0.05, 0) is 47.9 Å². The standard InChI is InChI=1S/C22H31NO4/c1-17(2)13-23(14-18-6-5-7-22(12-18)26-4)15-19(24)16-27-21-10-8-20(25-3)9-11-21/h5-12,17,19,24H,13-16H2,1-4H3. The average molecular weight is 373 g/mol. The van der Waals surface area contributed by atoms with E-state index in [2.05, 4.69) is 24.8 Å². The van der Waals surface area contributed by atoms with E-state index in [4.69, 9.17) is 14.2 Å². The molecule has 0 saturated carbocycles. The van der Waals surface area contributed by atoms with Crippen LogP contribution < -0.4 is 14.2 Å². The van der Waals surface area contributed by atoms with Crippen LogP contribution in [0.3, 0.4) is 0 Å². The predicted molar refractivity (Wildman–Crippen MR) is 108 cm³/mol. The summed E-state index contributed by atoms with van der Waals surface area (Å²) in [6, 6.07) is 15.4. The monoisotopic (exact) mass is 373 g/mol. The van der Waals surface area contributed by atoms with E-state index in [1.807, 2.05) is 42.5 Å². The molecule has 0 aromatic heterocycles. The molecular formula is C22H31NO4. The Hall–Kier alpha value is -2.24. The number of hydrogen-bond acceptors (Lipinski definition) is 5. The molecule has 0 radical (unpaired) electrons. The third kappa shape index (κ3) is 7.49. The summed E-state index contributed by atoms with van der Waals surface area (Å²) in [5.74, 6) is 2.85. The Labute approximate surface area is 162 Å². The Morgan fingerprint density at radius 1 is 0.889 bits per heavy atom. The molecule has 0 aliphatic carbocycles. The SMILES string of the molecule is COc1ccc(OCC(O)CN(Cc2cccc(OC)c2)CC(C)C)cc1. The zero-order valence-electron chi connectivity index (χ0n) is 16.7. The van der Waals surface area contributed by atoms with Crippen molar-refractivity contribution in [2.75, 3.05) is 33.9 Å². The molecule has 0 heterocycles. The van der Waals surface area contributed by atoms with Crippen LogP contribution in [0.25, 0.3) is 0 Å². The Morgan fingerprint density at radius 2 is 1.56 bits per heavy atom. The lowest BCUT2D eigenvalue weighted by Gasteiger charge is -2.27. The van der Waals surface area contributed by atoms with Gasteiger partial charge in [0, 0.05) is 19.6 Å². The minimum Gasteiger partial charge on any atom is -0.497 e. The van der Waals surface area contributed by atoms with Crippen LogP contribution in [0.4, 0.5) is 0 Å². The van der Waals surface area contributed by atoms with Crippen LogP contribution in [0.1, 0.15) is 19.4 Å². The van der Waals surface area contributed by atoms with Crippen molar-refractivity contribution in [3.05, 3.63) is 54.1 Å².